The summed E-state index contributed by atoms with van der Waals surface area (Å²) in [5.74, 6) is -0.151. The van der Waals surface area contributed by atoms with E-state index in [9.17, 15) is 13.2 Å². The predicted molar refractivity (Wildman–Crippen MR) is 55.9 cm³/mol. The molecule has 1 saturated carbocycles. The van der Waals surface area contributed by atoms with Crippen LogP contribution in [0, 0.1) is 0 Å². The lowest BCUT2D eigenvalue weighted by atomic mass is 10.2. The molecule has 94 valence electrons. The highest BCUT2D eigenvalue weighted by atomic mass is 35.5. The Balaban J connectivity index is 2.15. The molecule has 0 bridgehead atoms. The summed E-state index contributed by atoms with van der Waals surface area (Å²) in [6.45, 7) is -1.39. The molecule has 1 aromatic heterocycles. The summed E-state index contributed by atoms with van der Waals surface area (Å²) in [7, 11) is 0. The number of alkyl halides is 3. The fourth-order valence-corrected chi connectivity index (χ4v) is 1.55. The molecule has 0 atom stereocenters. The van der Waals surface area contributed by atoms with Crippen molar-refractivity contribution in [1.29, 1.82) is 0 Å². The predicted octanol–water partition coefficient (Wildman–Crippen LogP) is 2.62. The lowest BCUT2D eigenvalue weighted by Gasteiger charge is -2.12. The minimum absolute atomic E-state index is 0.151. The zero-order chi connectivity index (χ0) is 12.7. The van der Waals surface area contributed by atoms with Crippen LogP contribution in [0.3, 0.4) is 0 Å². The first-order valence-corrected chi connectivity index (χ1v) is 5.33. The summed E-state index contributed by atoms with van der Waals surface area (Å²) >= 11 is 5.78. The molecule has 0 radical (unpaired) electrons. The highest BCUT2D eigenvalue weighted by molar-refractivity contribution is 6.30. The van der Waals surface area contributed by atoms with Crippen molar-refractivity contribution in [3.8, 4) is 5.88 Å². The van der Waals surface area contributed by atoms with Crippen LogP contribution >= 0.6 is 11.6 Å². The third-order valence-corrected chi connectivity index (χ3v) is 2.67. The van der Waals surface area contributed by atoms with E-state index in [4.69, 9.17) is 17.3 Å². The van der Waals surface area contributed by atoms with Crippen LogP contribution in [0.5, 0.6) is 5.88 Å². The van der Waals surface area contributed by atoms with Crippen molar-refractivity contribution in [2.24, 2.45) is 5.73 Å². The second kappa shape index (κ2) is 4.03. The molecule has 1 aliphatic rings. The highest BCUT2D eigenvalue weighted by Crippen LogP contribution is 2.42. The van der Waals surface area contributed by atoms with Crippen molar-refractivity contribution < 1.29 is 17.9 Å². The van der Waals surface area contributed by atoms with E-state index in [1.54, 1.807) is 6.07 Å². The number of ether oxygens (including phenoxy) is 1. The number of nitrogens with zero attached hydrogens (tertiary/aromatic N) is 1. The number of hydrogen-bond acceptors (Lipinski definition) is 3. The standard InChI is InChI=1S/C10H10ClF3N2O/c11-6-3-7(9(15)1-2-9)16-8(4-6)17-5-10(12,13)14/h3-4H,1-2,5,15H2. The molecule has 0 aromatic carbocycles. The summed E-state index contributed by atoms with van der Waals surface area (Å²) in [4.78, 5) is 3.94. The first-order chi connectivity index (χ1) is 7.78. The molecule has 1 fully saturated rings. The summed E-state index contributed by atoms with van der Waals surface area (Å²) in [5.41, 5.74) is 5.81. The maximum absolute atomic E-state index is 12.0. The van der Waals surface area contributed by atoms with Crippen molar-refractivity contribution >= 4 is 11.6 Å². The largest absolute Gasteiger partial charge is 0.468 e. The Labute approximate surface area is 101 Å². The number of aromatic nitrogens is 1. The molecule has 0 unspecified atom stereocenters. The molecule has 1 heterocycles. The van der Waals surface area contributed by atoms with Crippen LogP contribution in [-0.4, -0.2) is 17.8 Å². The second-order valence-electron chi connectivity index (χ2n) is 4.07. The van der Waals surface area contributed by atoms with Crippen LogP contribution in [0.2, 0.25) is 5.02 Å². The van der Waals surface area contributed by atoms with Crippen LogP contribution in [0.1, 0.15) is 18.5 Å². The van der Waals surface area contributed by atoms with E-state index in [0.29, 0.717) is 5.69 Å². The molecular formula is C10H10ClF3N2O. The van der Waals surface area contributed by atoms with Crippen molar-refractivity contribution in [2.75, 3.05) is 6.61 Å². The zero-order valence-corrected chi connectivity index (χ0v) is 9.48. The molecule has 1 aromatic rings. The van der Waals surface area contributed by atoms with Crippen LogP contribution < -0.4 is 10.5 Å². The van der Waals surface area contributed by atoms with E-state index in [2.05, 4.69) is 9.72 Å². The average molecular weight is 267 g/mol. The first kappa shape index (κ1) is 12.4. The number of halogens is 4. The van der Waals surface area contributed by atoms with Gasteiger partial charge in [-0.2, -0.15) is 13.2 Å². The van der Waals surface area contributed by atoms with E-state index in [-0.39, 0.29) is 10.9 Å². The fraction of sp³-hybridized carbons (Fsp3) is 0.500. The Morgan fingerprint density at radius 1 is 1.41 bits per heavy atom. The van der Waals surface area contributed by atoms with Crippen LogP contribution in [0.4, 0.5) is 13.2 Å². The summed E-state index contributed by atoms with van der Waals surface area (Å²) < 4.78 is 40.5. The lowest BCUT2D eigenvalue weighted by Crippen LogP contribution is -2.22. The van der Waals surface area contributed by atoms with Gasteiger partial charge in [0.1, 0.15) is 0 Å². The molecule has 0 saturated heterocycles. The van der Waals surface area contributed by atoms with Crippen molar-refractivity contribution in [3.63, 3.8) is 0 Å². The Bertz CT molecular complexity index is 432. The minimum atomic E-state index is -4.40. The van der Waals surface area contributed by atoms with Gasteiger partial charge in [-0.15, -0.1) is 0 Å². The molecule has 17 heavy (non-hydrogen) atoms. The second-order valence-corrected chi connectivity index (χ2v) is 4.51. The van der Waals surface area contributed by atoms with Gasteiger partial charge in [0.15, 0.2) is 6.61 Å². The number of hydrogen-bond donors (Lipinski definition) is 1. The maximum atomic E-state index is 12.0. The molecule has 0 amide bonds. The summed E-state index contributed by atoms with van der Waals surface area (Å²) in [6, 6.07) is 2.79. The van der Waals surface area contributed by atoms with Gasteiger partial charge in [-0.1, -0.05) is 11.6 Å². The lowest BCUT2D eigenvalue weighted by molar-refractivity contribution is -0.154. The third kappa shape index (κ3) is 3.23. The van der Waals surface area contributed by atoms with Gasteiger partial charge >= 0.3 is 6.18 Å². The highest BCUT2D eigenvalue weighted by Gasteiger charge is 2.42. The van der Waals surface area contributed by atoms with Gasteiger partial charge in [-0.05, 0) is 18.9 Å². The molecule has 7 heteroatoms. The Hall–Kier alpha value is -1.01. The molecule has 1 aliphatic carbocycles. The smallest absolute Gasteiger partial charge is 0.422 e. The third-order valence-electron chi connectivity index (χ3n) is 2.45. The summed E-state index contributed by atoms with van der Waals surface area (Å²) in [5, 5.41) is 0.267. The van der Waals surface area contributed by atoms with Gasteiger partial charge in [-0.25, -0.2) is 4.98 Å². The zero-order valence-electron chi connectivity index (χ0n) is 8.72. The van der Waals surface area contributed by atoms with E-state index in [0.717, 1.165) is 12.8 Å². The SMILES string of the molecule is NC1(c2cc(Cl)cc(OCC(F)(F)F)n2)CC1. The maximum Gasteiger partial charge on any atom is 0.422 e. The summed E-state index contributed by atoms with van der Waals surface area (Å²) in [6.07, 6.45) is -2.90. The molecule has 0 spiro atoms. The van der Waals surface area contributed by atoms with E-state index >= 15 is 0 Å². The van der Waals surface area contributed by atoms with Gasteiger partial charge in [0.05, 0.1) is 11.2 Å². The van der Waals surface area contributed by atoms with Crippen molar-refractivity contribution in [3.05, 3.63) is 22.8 Å². The number of nitrogens with two attached hydrogens (primary N) is 1. The van der Waals surface area contributed by atoms with Gasteiger partial charge < -0.3 is 10.5 Å². The monoisotopic (exact) mass is 266 g/mol. The van der Waals surface area contributed by atoms with Crippen LogP contribution in [0.25, 0.3) is 0 Å². The Morgan fingerprint density at radius 2 is 2.06 bits per heavy atom. The fourth-order valence-electron chi connectivity index (χ4n) is 1.35. The molecule has 3 nitrogen and oxygen atoms in total. The van der Waals surface area contributed by atoms with Gasteiger partial charge in [0.2, 0.25) is 5.88 Å². The van der Waals surface area contributed by atoms with Crippen LogP contribution in [-0.2, 0) is 5.54 Å². The number of pyridine rings is 1. The van der Waals surface area contributed by atoms with Crippen molar-refractivity contribution in [2.45, 2.75) is 24.6 Å². The molecule has 2 N–H and O–H groups in total. The minimum Gasteiger partial charge on any atom is -0.468 e. The quantitative estimate of drug-likeness (QED) is 0.915. The molecular weight excluding hydrogens is 257 g/mol. The van der Waals surface area contributed by atoms with E-state index in [1.807, 2.05) is 0 Å². The van der Waals surface area contributed by atoms with Gasteiger partial charge in [0, 0.05) is 11.1 Å². The Kier molecular flexibility index (Phi) is 2.95. The molecule has 2 rings (SSSR count). The van der Waals surface area contributed by atoms with Gasteiger partial charge in [-0.3, -0.25) is 0 Å². The van der Waals surface area contributed by atoms with E-state index in [1.165, 1.54) is 6.07 Å². The van der Waals surface area contributed by atoms with Crippen molar-refractivity contribution in [1.82, 2.24) is 4.98 Å². The molecule has 0 aliphatic heterocycles. The van der Waals surface area contributed by atoms with Gasteiger partial charge in [0.25, 0.3) is 0 Å². The first-order valence-electron chi connectivity index (χ1n) is 4.95. The van der Waals surface area contributed by atoms with E-state index < -0.39 is 18.3 Å². The Morgan fingerprint density at radius 3 is 2.59 bits per heavy atom. The average Bonchev–Trinajstić information content (AvgIpc) is 2.93. The van der Waals surface area contributed by atoms with Crippen LogP contribution in [0.15, 0.2) is 12.1 Å². The topological polar surface area (TPSA) is 48.1 Å². The normalized spacial score (nSPS) is 17.9. The number of rotatable bonds is 3.